The average molecular weight is 517 g/mol. The van der Waals surface area contributed by atoms with Crippen LogP contribution in [0.4, 0.5) is 5.95 Å². The Hall–Kier alpha value is -3.33. The van der Waals surface area contributed by atoms with E-state index in [0.717, 1.165) is 48.3 Å². The summed E-state index contributed by atoms with van der Waals surface area (Å²) in [7, 11) is 0. The van der Waals surface area contributed by atoms with Gasteiger partial charge in [-0.25, -0.2) is 4.98 Å². The van der Waals surface area contributed by atoms with Crippen LogP contribution in [0.5, 0.6) is 0 Å². The quantitative estimate of drug-likeness (QED) is 0.400. The molecule has 0 amide bonds. The van der Waals surface area contributed by atoms with Crippen molar-refractivity contribution in [3.05, 3.63) is 69.7 Å². The van der Waals surface area contributed by atoms with Gasteiger partial charge in [0.1, 0.15) is 5.65 Å². The minimum Gasteiger partial charge on any atom is -0.371 e. The van der Waals surface area contributed by atoms with E-state index < -0.39 is 0 Å². The van der Waals surface area contributed by atoms with Crippen LogP contribution in [0.1, 0.15) is 31.5 Å². The Kier molecular flexibility index (Phi) is 6.18. The molecule has 37 heavy (non-hydrogen) atoms. The molecule has 1 aromatic carbocycles. The summed E-state index contributed by atoms with van der Waals surface area (Å²) >= 11 is 6.80. The minimum absolute atomic E-state index is 0.131. The van der Waals surface area contributed by atoms with Crippen molar-refractivity contribution in [1.82, 2.24) is 24.8 Å². The Morgan fingerprint density at radius 3 is 2.86 bits per heavy atom. The van der Waals surface area contributed by atoms with E-state index in [0.29, 0.717) is 40.9 Å². The highest BCUT2D eigenvalue weighted by atomic mass is 35.5. The predicted molar refractivity (Wildman–Crippen MR) is 146 cm³/mol. The van der Waals surface area contributed by atoms with E-state index in [2.05, 4.69) is 20.6 Å². The van der Waals surface area contributed by atoms with Gasteiger partial charge < -0.3 is 15.4 Å². The van der Waals surface area contributed by atoms with Gasteiger partial charge in [-0.2, -0.15) is 4.98 Å². The Bertz CT molecular complexity index is 1550. The monoisotopic (exact) mass is 516 g/mol. The number of hydrogen-bond acceptors (Lipinski definition) is 7. The lowest BCUT2D eigenvalue weighted by Gasteiger charge is -2.22. The molecule has 3 aromatic heterocycles. The lowest BCUT2D eigenvalue weighted by atomic mass is 9.96. The Morgan fingerprint density at radius 2 is 2.11 bits per heavy atom. The molecule has 190 valence electrons. The van der Waals surface area contributed by atoms with E-state index in [9.17, 15) is 4.79 Å². The number of halogens is 1. The first kappa shape index (κ1) is 24.0. The summed E-state index contributed by atoms with van der Waals surface area (Å²) in [6.45, 7) is 6.82. The molecule has 8 nitrogen and oxygen atoms in total. The first-order valence-electron chi connectivity index (χ1n) is 12.7. The number of nitrogens with one attached hydrogen (secondary N) is 2. The smallest absolute Gasteiger partial charge is 0.260 e. The maximum absolute atomic E-state index is 14.1. The second kappa shape index (κ2) is 9.52. The van der Waals surface area contributed by atoms with Crippen LogP contribution in [0.2, 0.25) is 5.02 Å². The first-order valence-corrected chi connectivity index (χ1v) is 13.1. The molecule has 0 aliphatic carbocycles. The Morgan fingerprint density at radius 1 is 1.22 bits per heavy atom. The van der Waals surface area contributed by atoms with Gasteiger partial charge in [0.2, 0.25) is 5.95 Å². The number of hydrogen-bond donors (Lipinski definition) is 2. The van der Waals surface area contributed by atoms with Gasteiger partial charge in [-0.3, -0.25) is 14.3 Å². The molecule has 2 fully saturated rings. The number of anilines is 1. The van der Waals surface area contributed by atoms with Gasteiger partial charge in [0, 0.05) is 58.5 Å². The second-order valence-electron chi connectivity index (χ2n) is 9.87. The number of fused-ring (bicyclic) bond motifs is 1. The van der Waals surface area contributed by atoms with E-state index in [-0.39, 0.29) is 17.2 Å². The van der Waals surface area contributed by atoms with E-state index in [1.165, 1.54) is 0 Å². The topological polar surface area (TPSA) is 94.0 Å². The lowest BCUT2D eigenvalue weighted by Crippen LogP contribution is -2.32. The normalized spacial score (nSPS) is 21.2. The summed E-state index contributed by atoms with van der Waals surface area (Å²) in [6, 6.07) is 13.3. The maximum Gasteiger partial charge on any atom is 0.260 e. The van der Waals surface area contributed by atoms with Crippen molar-refractivity contribution < 1.29 is 4.74 Å². The standard InChI is InChI=1S/C28H29ClN6O2/c1-3-31-27-32-14-19-11-22(21-8-7-18(12-23(21)29)24-6-4-5-17(2)33-24)26(36)35(25(19)34-27)20-13-28(37-15-20)9-10-30-16-28/h4-8,11-12,14,20,30H,3,9-10,13,15-16H2,1-2H3,(H,31,32,34). The Balaban J connectivity index is 1.49. The highest BCUT2D eigenvalue weighted by Gasteiger charge is 2.44. The van der Waals surface area contributed by atoms with Gasteiger partial charge in [-0.05, 0) is 51.1 Å². The summed E-state index contributed by atoms with van der Waals surface area (Å²) in [4.78, 5) is 27.9. The second-order valence-corrected chi connectivity index (χ2v) is 10.3. The van der Waals surface area contributed by atoms with Crippen molar-refractivity contribution in [2.75, 3.05) is 31.6 Å². The molecule has 6 rings (SSSR count). The van der Waals surface area contributed by atoms with Crippen LogP contribution in [0.25, 0.3) is 33.4 Å². The van der Waals surface area contributed by atoms with Gasteiger partial charge in [-0.15, -0.1) is 0 Å². The summed E-state index contributed by atoms with van der Waals surface area (Å²) in [5, 5.41) is 7.84. The maximum atomic E-state index is 14.1. The molecule has 2 aliphatic heterocycles. The van der Waals surface area contributed by atoms with Crippen LogP contribution in [-0.2, 0) is 4.74 Å². The fourth-order valence-electron chi connectivity index (χ4n) is 5.50. The van der Waals surface area contributed by atoms with E-state index in [1.54, 1.807) is 10.8 Å². The molecule has 4 aromatic rings. The third-order valence-electron chi connectivity index (χ3n) is 7.31. The van der Waals surface area contributed by atoms with Gasteiger partial charge in [0.25, 0.3) is 5.56 Å². The van der Waals surface area contributed by atoms with Gasteiger partial charge in [0.15, 0.2) is 0 Å². The molecule has 0 saturated carbocycles. The number of pyridine rings is 2. The van der Waals surface area contributed by atoms with Crippen molar-refractivity contribution in [2.45, 2.75) is 38.3 Å². The van der Waals surface area contributed by atoms with Crippen molar-refractivity contribution in [3.8, 4) is 22.4 Å². The SMILES string of the molecule is CCNc1ncc2cc(-c3ccc(-c4cccc(C)n4)cc3Cl)c(=O)n(C3COC4(CCNC4)C3)c2n1. The summed E-state index contributed by atoms with van der Waals surface area (Å²) in [6.07, 6.45) is 3.46. The molecule has 2 atom stereocenters. The molecule has 2 aliphatic rings. The van der Waals surface area contributed by atoms with Crippen LogP contribution in [0.3, 0.4) is 0 Å². The number of nitrogens with zero attached hydrogens (tertiary/aromatic N) is 4. The number of aromatic nitrogens is 4. The predicted octanol–water partition coefficient (Wildman–Crippen LogP) is 4.61. The highest BCUT2D eigenvalue weighted by molar-refractivity contribution is 6.33. The van der Waals surface area contributed by atoms with Crippen LogP contribution >= 0.6 is 11.6 Å². The van der Waals surface area contributed by atoms with Crippen LogP contribution in [-0.4, -0.2) is 51.4 Å². The zero-order chi connectivity index (χ0) is 25.6. The van der Waals surface area contributed by atoms with Crippen LogP contribution in [0, 0.1) is 6.92 Å². The molecular weight excluding hydrogens is 488 g/mol. The fraction of sp³-hybridized carbons (Fsp3) is 0.357. The van der Waals surface area contributed by atoms with Crippen molar-refractivity contribution in [2.24, 2.45) is 0 Å². The summed E-state index contributed by atoms with van der Waals surface area (Å²) in [5.41, 5.74) is 4.11. The average Bonchev–Trinajstić information content (AvgIpc) is 3.53. The van der Waals surface area contributed by atoms with E-state index >= 15 is 0 Å². The molecule has 0 radical (unpaired) electrons. The molecule has 2 N–H and O–H groups in total. The Labute approximate surface area is 220 Å². The third-order valence-corrected chi connectivity index (χ3v) is 7.62. The van der Waals surface area contributed by atoms with E-state index in [1.807, 2.05) is 56.3 Å². The first-order chi connectivity index (χ1) is 18.0. The largest absolute Gasteiger partial charge is 0.371 e. The lowest BCUT2D eigenvalue weighted by molar-refractivity contribution is 0.0206. The van der Waals surface area contributed by atoms with Crippen molar-refractivity contribution in [3.63, 3.8) is 0 Å². The molecule has 5 heterocycles. The number of benzene rings is 1. The molecule has 0 bridgehead atoms. The fourth-order valence-corrected chi connectivity index (χ4v) is 5.78. The molecular formula is C28H29ClN6O2. The molecule has 9 heteroatoms. The molecule has 2 unspecified atom stereocenters. The molecule has 2 saturated heterocycles. The number of aryl methyl sites for hydroxylation is 1. The number of ether oxygens (including phenoxy) is 1. The van der Waals surface area contributed by atoms with Crippen LogP contribution < -0.4 is 16.2 Å². The summed E-state index contributed by atoms with van der Waals surface area (Å²) in [5.74, 6) is 0.500. The minimum atomic E-state index is -0.232. The zero-order valence-electron chi connectivity index (χ0n) is 20.9. The zero-order valence-corrected chi connectivity index (χ0v) is 21.7. The van der Waals surface area contributed by atoms with Gasteiger partial charge in [-0.1, -0.05) is 29.8 Å². The van der Waals surface area contributed by atoms with Gasteiger partial charge >= 0.3 is 0 Å². The highest BCUT2D eigenvalue weighted by Crippen LogP contribution is 2.39. The molecule has 1 spiro atoms. The van der Waals surface area contributed by atoms with Gasteiger partial charge in [0.05, 0.1) is 23.9 Å². The van der Waals surface area contributed by atoms with Crippen molar-refractivity contribution >= 4 is 28.6 Å². The van der Waals surface area contributed by atoms with E-state index in [4.69, 9.17) is 21.3 Å². The number of rotatable bonds is 5. The van der Waals surface area contributed by atoms with Crippen molar-refractivity contribution in [1.29, 1.82) is 0 Å². The third kappa shape index (κ3) is 4.39. The van der Waals surface area contributed by atoms with Crippen LogP contribution in [0.15, 0.2) is 53.5 Å². The summed E-state index contributed by atoms with van der Waals surface area (Å²) < 4.78 is 8.08.